The number of carbonyl (C=O) groups excluding carboxylic acids is 11. The highest BCUT2D eigenvalue weighted by molar-refractivity contribution is 6.00. The molecular formula is C58H94N16O14. The number of aliphatic carboxylic acids is 1. The van der Waals surface area contributed by atoms with E-state index >= 15 is 0 Å². The molecule has 4 rings (SSSR count). The number of urea groups is 1. The molecule has 30 heteroatoms. The van der Waals surface area contributed by atoms with E-state index < -0.39 is 131 Å². The molecular weight excluding hydrogens is 1140 g/mol. The van der Waals surface area contributed by atoms with Crippen LogP contribution in [0.15, 0.2) is 29.5 Å². The molecule has 88 heavy (non-hydrogen) atoms. The van der Waals surface area contributed by atoms with Crippen LogP contribution in [0.3, 0.4) is 0 Å². The van der Waals surface area contributed by atoms with Gasteiger partial charge in [0.25, 0.3) is 0 Å². The summed E-state index contributed by atoms with van der Waals surface area (Å²) in [6.07, 6.45) is 8.18. The maximum Gasteiger partial charge on any atom is 0.315 e. The largest absolute Gasteiger partial charge is 0.481 e. The summed E-state index contributed by atoms with van der Waals surface area (Å²) in [4.78, 5) is 173. The normalized spacial score (nSPS) is 17.6. The van der Waals surface area contributed by atoms with E-state index in [-0.39, 0.29) is 88.3 Å². The van der Waals surface area contributed by atoms with E-state index in [1.54, 1.807) is 12.1 Å². The van der Waals surface area contributed by atoms with Gasteiger partial charge >= 0.3 is 12.0 Å². The van der Waals surface area contributed by atoms with E-state index in [1.807, 2.05) is 0 Å². The van der Waals surface area contributed by atoms with Gasteiger partial charge in [-0.2, -0.15) is 0 Å². The predicted molar refractivity (Wildman–Crippen MR) is 321 cm³/mol. The lowest BCUT2D eigenvalue weighted by Crippen LogP contribution is -2.64. The molecule has 3 heterocycles. The molecule has 2 aliphatic heterocycles. The first-order chi connectivity index (χ1) is 41.6. The quantitative estimate of drug-likeness (QED) is 0.0202. The third-order valence-corrected chi connectivity index (χ3v) is 15.9. The van der Waals surface area contributed by atoms with Gasteiger partial charge in [-0.25, -0.2) is 4.79 Å². The number of nitrogens with one attached hydrogen (secondary N) is 9. The zero-order valence-corrected chi connectivity index (χ0v) is 51.4. The molecule has 0 radical (unpaired) electrons. The lowest BCUT2D eigenvalue weighted by atomic mass is 9.84. The van der Waals surface area contributed by atoms with Crippen LogP contribution in [0, 0.1) is 5.92 Å². The fourth-order valence-corrected chi connectivity index (χ4v) is 10.5. The number of likely N-dealkylation sites (tertiary alicyclic amines) is 1. The number of amides is 11. The Balaban J connectivity index is 1.60. The number of pyridine rings is 1. The summed E-state index contributed by atoms with van der Waals surface area (Å²) in [6.45, 7) is 8.20. The number of unbranched alkanes of at least 4 members (excludes halogenated alkanes) is 1. The Hall–Kier alpha value is -8.02. The molecule has 30 nitrogen and oxygen atoms in total. The predicted octanol–water partition coefficient (Wildman–Crippen LogP) is -1.84. The number of carbonyl (C=O) groups is 12. The number of nitrogens with two attached hydrogens (primary N) is 4. The van der Waals surface area contributed by atoms with Crippen molar-refractivity contribution in [3.63, 3.8) is 0 Å². The average Bonchev–Trinajstić information content (AvgIpc) is 2.32. The van der Waals surface area contributed by atoms with Crippen molar-refractivity contribution in [3.8, 4) is 0 Å². The lowest BCUT2D eigenvalue weighted by Gasteiger charge is -2.33. The number of hydrogen-bond donors (Lipinski definition) is 14. The number of primary amides is 1. The minimum atomic E-state index is -1.85. The lowest BCUT2D eigenvalue weighted by molar-refractivity contribution is -0.142. The zero-order valence-electron chi connectivity index (χ0n) is 51.4. The van der Waals surface area contributed by atoms with Crippen molar-refractivity contribution in [2.45, 2.75) is 216 Å². The van der Waals surface area contributed by atoms with Crippen LogP contribution in [0.1, 0.15) is 156 Å². The molecule has 3 fully saturated rings. The second-order valence-corrected chi connectivity index (χ2v) is 23.9. The molecule has 1 saturated carbocycles. The highest BCUT2D eigenvalue weighted by atomic mass is 16.5. The van der Waals surface area contributed by atoms with Crippen LogP contribution in [0.5, 0.6) is 0 Å². The number of guanidine groups is 1. The maximum absolute atomic E-state index is 14.9. The second kappa shape index (κ2) is 35.7. The van der Waals surface area contributed by atoms with Gasteiger partial charge in [0, 0.05) is 57.6 Å². The number of carboxylic acid groups (broad SMARTS) is 1. The Kier molecular flexibility index (Phi) is 29.4. The molecule has 11 amide bonds. The fourth-order valence-electron chi connectivity index (χ4n) is 10.5. The summed E-state index contributed by atoms with van der Waals surface area (Å²) < 4.78 is 5.36. The highest BCUT2D eigenvalue weighted by Gasteiger charge is 2.42. The van der Waals surface area contributed by atoms with E-state index in [0.717, 1.165) is 32.1 Å². The van der Waals surface area contributed by atoms with Gasteiger partial charge < -0.3 is 85.5 Å². The molecule has 18 N–H and O–H groups in total. The molecule has 0 aromatic carbocycles. The van der Waals surface area contributed by atoms with Gasteiger partial charge in [0.1, 0.15) is 47.8 Å². The van der Waals surface area contributed by atoms with Crippen LogP contribution in [0.25, 0.3) is 0 Å². The Morgan fingerprint density at radius 1 is 0.670 bits per heavy atom. The van der Waals surface area contributed by atoms with Crippen LogP contribution < -0.4 is 70.8 Å². The number of hydrogen-bond acceptors (Lipinski definition) is 16. The van der Waals surface area contributed by atoms with E-state index in [0.29, 0.717) is 50.9 Å². The van der Waals surface area contributed by atoms with Crippen LogP contribution in [0.4, 0.5) is 4.79 Å². The van der Waals surface area contributed by atoms with Crippen LogP contribution in [0.2, 0.25) is 0 Å². The van der Waals surface area contributed by atoms with E-state index in [2.05, 4.69) is 57.8 Å². The van der Waals surface area contributed by atoms with E-state index in [9.17, 15) is 62.6 Å². The van der Waals surface area contributed by atoms with Crippen molar-refractivity contribution in [1.82, 2.24) is 57.7 Å². The monoisotopic (exact) mass is 1240 g/mol. The van der Waals surface area contributed by atoms with Crippen molar-refractivity contribution in [2.75, 3.05) is 32.8 Å². The molecule has 0 unspecified atom stereocenters. The Morgan fingerprint density at radius 2 is 1.26 bits per heavy atom. The Morgan fingerprint density at radius 3 is 1.89 bits per heavy atom. The maximum atomic E-state index is 14.9. The van der Waals surface area contributed by atoms with Gasteiger partial charge in [-0.3, -0.25) is 62.7 Å². The number of nitrogens with zero attached hydrogens (tertiary/aromatic N) is 3. The summed E-state index contributed by atoms with van der Waals surface area (Å²) in [5, 5.41) is 33.6. The highest BCUT2D eigenvalue weighted by Crippen LogP contribution is 2.28. The zero-order chi connectivity index (χ0) is 65.1. The minimum absolute atomic E-state index is 0.0335. The SMILES string of the molecule is CC(=O)C(C)(C)NC(=O)[C@H](CCCCN)NC(=O)[C@H](CC(N)=O)NC(=O)C(C)(C)NC(=O)[C@H](CC1CCCCC1)NC(=O)[C@H](Cc1ccncc1)NC(=O)[C@H](CCCN=C(N)N)NC(=O)[C@H]1CCCN1C(=O)[C@H](CCC(=O)O)NC(=O)NC1CCOCC1. The standard InChI is InChI=1S/C58H94N16O14/c1-34(75)57(2,3)72-50(82)39(15-9-10-24-59)66-49(81)43(33-45(60)76)70-54(86)58(4,5)73-51(83)42(31-35-13-7-6-8-14-35)69-48(80)41(32-36-20-26-63-27-21-36)68-47(79)38(16-11-25-64-55(61)62)67-52(84)44-17-12-28-74(44)53(85)40(18-19-46(77)78)71-56(87)65-37-22-29-88-30-23-37/h20-21,26-27,35,37-44H,6-19,22-25,28-33,59H2,1-5H3,(H2,60,76)(H,66,81)(H,67,84)(H,68,79)(H,69,80)(H,70,86)(H,72,82)(H,73,83)(H,77,78)(H4,61,62,64)(H2,65,71,87)/t38-,39-,40-,41-,42-,43-,44+/m0/s1. The smallest absolute Gasteiger partial charge is 0.315 e. The first-order valence-electron chi connectivity index (χ1n) is 30.4. The number of aliphatic imine (C=N–C) groups is 1. The average molecular weight is 1240 g/mol. The van der Waals surface area contributed by atoms with Crippen molar-refractivity contribution in [2.24, 2.45) is 33.8 Å². The van der Waals surface area contributed by atoms with Crippen LogP contribution in [-0.4, -0.2) is 184 Å². The molecule has 3 aliphatic rings. The molecule has 0 spiro atoms. The number of Topliss-reactive ketones (excluding diaryl/α,β-unsaturated/α-hetero) is 1. The van der Waals surface area contributed by atoms with Gasteiger partial charge in [-0.1, -0.05) is 32.1 Å². The molecule has 1 aromatic rings. The topological polar surface area (TPSA) is 475 Å². The summed E-state index contributed by atoms with van der Waals surface area (Å²) in [7, 11) is 0. The number of carboxylic acids is 1. The van der Waals surface area contributed by atoms with Gasteiger partial charge in [-0.15, -0.1) is 0 Å². The summed E-state index contributed by atoms with van der Waals surface area (Å²) >= 11 is 0. The molecule has 1 aliphatic carbocycles. The molecule has 0 bridgehead atoms. The van der Waals surface area contributed by atoms with Crippen LogP contribution >= 0.6 is 0 Å². The molecule has 7 atom stereocenters. The van der Waals surface area contributed by atoms with Crippen molar-refractivity contribution in [1.29, 1.82) is 0 Å². The van der Waals surface area contributed by atoms with Crippen molar-refractivity contribution >= 4 is 76.9 Å². The molecule has 2 saturated heterocycles. The third kappa shape index (κ3) is 24.6. The van der Waals surface area contributed by atoms with E-state index in [1.165, 1.54) is 51.9 Å². The Bertz CT molecular complexity index is 2610. The van der Waals surface area contributed by atoms with Gasteiger partial charge in [0.05, 0.1) is 12.0 Å². The van der Waals surface area contributed by atoms with Crippen molar-refractivity contribution < 1.29 is 67.4 Å². The molecule has 490 valence electrons. The summed E-state index contributed by atoms with van der Waals surface area (Å²) in [5.74, 6) is -9.36. The number of aromatic nitrogens is 1. The first kappa shape index (κ1) is 72.5. The number of rotatable bonds is 35. The van der Waals surface area contributed by atoms with E-state index in [4.69, 9.17) is 27.7 Å². The minimum Gasteiger partial charge on any atom is -0.481 e. The Labute approximate surface area is 513 Å². The van der Waals surface area contributed by atoms with Gasteiger partial charge in [0.15, 0.2) is 11.7 Å². The van der Waals surface area contributed by atoms with Crippen molar-refractivity contribution in [3.05, 3.63) is 30.1 Å². The van der Waals surface area contributed by atoms with Crippen LogP contribution in [-0.2, 0) is 63.9 Å². The summed E-state index contributed by atoms with van der Waals surface area (Å²) in [6, 6.07) is -7.17. The third-order valence-electron chi connectivity index (χ3n) is 15.9. The molecule has 1 aromatic heterocycles. The summed E-state index contributed by atoms with van der Waals surface area (Å²) in [5.41, 5.74) is 19.8. The first-order valence-corrected chi connectivity index (χ1v) is 30.4. The fraction of sp³-hybridized carbons (Fsp3) is 0.690. The number of ketones is 1. The van der Waals surface area contributed by atoms with Gasteiger partial charge in [0.2, 0.25) is 53.2 Å². The number of ether oxygens (including phenoxy) is 1. The van der Waals surface area contributed by atoms with Gasteiger partial charge in [-0.05, 0) is 135 Å². The second-order valence-electron chi connectivity index (χ2n) is 23.9.